The molecule has 0 amide bonds. The number of fused-ring (bicyclic) bond motifs is 2. The van der Waals surface area contributed by atoms with Crippen molar-refractivity contribution in [2.75, 3.05) is 6.61 Å². The Morgan fingerprint density at radius 1 is 1.27 bits per heavy atom. The predicted octanol–water partition coefficient (Wildman–Crippen LogP) is 3.22. The van der Waals surface area contributed by atoms with Crippen LogP contribution in [0.5, 0.6) is 5.75 Å². The van der Waals surface area contributed by atoms with E-state index in [1.807, 2.05) is 18.2 Å². The number of aromatic nitrogens is 2. The number of esters is 1. The van der Waals surface area contributed by atoms with Gasteiger partial charge in [-0.2, -0.15) is 0 Å². The number of phenolic OH excluding ortho intramolecular Hbond substituents is 1. The lowest BCUT2D eigenvalue weighted by molar-refractivity contribution is 0.0492. The molecule has 2 N–H and O–H groups in total. The summed E-state index contributed by atoms with van der Waals surface area (Å²) in [6.45, 7) is 1.78. The van der Waals surface area contributed by atoms with Gasteiger partial charge >= 0.3 is 5.97 Å². The molecule has 26 heavy (non-hydrogen) atoms. The van der Waals surface area contributed by atoms with Crippen LogP contribution in [-0.2, 0) is 4.74 Å². The highest BCUT2D eigenvalue weighted by molar-refractivity contribution is 5.97. The zero-order valence-corrected chi connectivity index (χ0v) is 13.8. The first-order valence-electron chi connectivity index (χ1n) is 8.00. The molecule has 0 bridgehead atoms. The minimum Gasteiger partial charge on any atom is -0.508 e. The highest BCUT2D eigenvalue weighted by atomic mass is 16.5. The van der Waals surface area contributed by atoms with Crippen LogP contribution in [0.2, 0.25) is 0 Å². The van der Waals surface area contributed by atoms with Gasteiger partial charge in [-0.3, -0.25) is 4.79 Å². The number of benzene rings is 2. The fraction of sp³-hybridized carbons (Fsp3) is 0.105. The van der Waals surface area contributed by atoms with E-state index in [2.05, 4.69) is 9.97 Å². The molecule has 0 aliphatic carbocycles. The average molecular weight is 350 g/mol. The van der Waals surface area contributed by atoms with Crippen molar-refractivity contribution in [2.24, 2.45) is 0 Å². The fourth-order valence-corrected chi connectivity index (χ4v) is 2.81. The molecule has 0 radical (unpaired) electrons. The van der Waals surface area contributed by atoms with Crippen LogP contribution in [0.1, 0.15) is 17.5 Å². The second-order valence-electron chi connectivity index (χ2n) is 5.64. The molecule has 0 aliphatic rings. The number of phenols is 1. The van der Waals surface area contributed by atoms with E-state index in [0.717, 1.165) is 5.52 Å². The maximum atomic E-state index is 13.0. The summed E-state index contributed by atoms with van der Waals surface area (Å²) >= 11 is 0. The van der Waals surface area contributed by atoms with Crippen molar-refractivity contribution >= 4 is 28.0 Å². The molecule has 0 saturated carbocycles. The lowest BCUT2D eigenvalue weighted by atomic mass is 10.1. The Kier molecular flexibility index (Phi) is 3.69. The Balaban J connectivity index is 2.06. The number of nitrogens with zero attached hydrogens (tertiary/aromatic N) is 1. The van der Waals surface area contributed by atoms with Gasteiger partial charge in [0.2, 0.25) is 11.2 Å². The normalized spacial score (nSPS) is 11.1. The van der Waals surface area contributed by atoms with E-state index in [-0.39, 0.29) is 40.5 Å². The molecule has 0 unspecified atom stereocenters. The number of aromatic hydroxyl groups is 1. The Bertz CT molecular complexity index is 1170. The quantitative estimate of drug-likeness (QED) is 0.550. The summed E-state index contributed by atoms with van der Waals surface area (Å²) in [5.41, 5.74) is 1.04. The average Bonchev–Trinajstić information content (AvgIpc) is 3.05. The van der Waals surface area contributed by atoms with E-state index in [1.165, 1.54) is 18.2 Å². The van der Waals surface area contributed by atoms with Crippen LogP contribution in [0.4, 0.5) is 0 Å². The fourth-order valence-electron chi connectivity index (χ4n) is 2.81. The molecule has 4 aromatic rings. The van der Waals surface area contributed by atoms with Crippen molar-refractivity contribution in [3.05, 3.63) is 58.4 Å². The molecule has 2 heterocycles. The van der Waals surface area contributed by atoms with Crippen molar-refractivity contribution < 1.29 is 19.1 Å². The lowest BCUT2D eigenvalue weighted by Gasteiger charge is -2.08. The second kappa shape index (κ2) is 6.03. The van der Waals surface area contributed by atoms with Crippen LogP contribution >= 0.6 is 0 Å². The molecule has 4 rings (SSSR count). The molecule has 0 atom stereocenters. The highest BCUT2D eigenvalue weighted by Crippen LogP contribution is 2.27. The number of ether oxygens (including phenoxy) is 1. The molecule has 0 saturated heterocycles. The van der Waals surface area contributed by atoms with E-state index < -0.39 is 11.4 Å². The molecular weight excluding hydrogens is 336 g/mol. The molecule has 2 aromatic heterocycles. The van der Waals surface area contributed by atoms with E-state index in [9.17, 15) is 14.7 Å². The van der Waals surface area contributed by atoms with E-state index >= 15 is 0 Å². The Hall–Kier alpha value is -3.61. The van der Waals surface area contributed by atoms with Gasteiger partial charge in [0.25, 0.3) is 0 Å². The van der Waals surface area contributed by atoms with Crippen LogP contribution in [0.15, 0.2) is 51.7 Å². The van der Waals surface area contributed by atoms with Crippen LogP contribution in [0.3, 0.4) is 0 Å². The maximum Gasteiger partial charge on any atom is 0.375 e. The van der Waals surface area contributed by atoms with Gasteiger partial charge in [0.05, 0.1) is 23.0 Å². The van der Waals surface area contributed by atoms with Crippen LogP contribution < -0.4 is 5.43 Å². The smallest absolute Gasteiger partial charge is 0.375 e. The molecule has 130 valence electrons. The van der Waals surface area contributed by atoms with Crippen LogP contribution in [0.25, 0.3) is 33.4 Å². The Morgan fingerprint density at radius 3 is 2.85 bits per heavy atom. The summed E-state index contributed by atoms with van der Waals surface area (Å²) in [6, 6.07) is 11.4. The number of carbonyl (C=O) groups is 1. The summed E-state index contributed by atoms with van der Waals surface area (Å²) in [7, 11) is 0. The number of para-hydroxylation sites is 2. The third kappa shape index (κ3) is 2.50. The third-order valence-electron chi connectivity index (χ3n) is 3.96. The molecular formula is C19H14N2O5. The second-order valence-corrected chi connectivity index (χ2v) is 5.64. The number of H-pyrrole nitrogens is 1. The first-order valence-corrected chi connectivity index (χ1v) is 8.00. The monoisotopic (exact) mass is 350 g/mol. The van der Waals surface area contributed by atoms with Crippen molar-refractivity contribution in [1.82, 2.24) is 9.97 Å². The third-order valence-corrected chi connectivity index (χ3v) is 3.96. The van der Waals surface area contributed by atoms with Gasteiger partial charge in [-0.05, 0) is 31.2 Å². The number of hydrogen-bond donors (Lipinski definition) is 2. The molecule has 2 aromatic carbocycles. The molecule has 0 fully saturated rings. The molecule has 0 spiro atoms. The first kappa shape index (κ1) is 15.9. The summed E-state index contributed by atoms with van der Waals surface area (Å²) in [5.74, 6) is -0.885. The minimum atomic E-state index is -0.773. The van der Waals surface area contributed by atoms with Gasteiger partial charge in [0.15, 0.2) is 0 Å². The van der Waals surface area contributed by atoms with Gasteiger partial charge < -0.3 is 19.2 Å². The Morgan fingerprint density at radius 2 is 2.08 bits per heavy atom. The largest absolute Gasteiger partial charge is 0.508 e. The zero-order chi connectivity index (χ0) is 18.3. The lowest BCUT2D eigenvalue weighted by Crippen LogP contribution is -2.15. The van der Waals surface area contributed by atoms with Crippen LogP contribution in [0, 0.1) is 0 Å². The van der Waals surface area contributed by atoms with Gasteiger partial charge in [0, 0.05) is 6.07 Å². The summed E-state index contributed by atoms with van der Waals surface area (Å²) in [5, 5.41) is 9.87. The van der Waals surface area contributed by atoms with Gasteiger partial charge in [-0.15, -0.1) is 0 Å². The highest BCUT2D eigenvalue weighted by Gasteiger charge is 2.25. The number of rotatable bonds is 3. The summed E-state index contributed by atoms with van der Waals surface area (Å²) in [6.07, 6.45) is 0. The molecule has 7 nitrogen and oxygen atoms in total. The SMILES string of the molecule is CCOC(=O)c1oc2cc(O)ccc2c(=O)c1-c1nc2ccccc2[nH]1. The number of carbonyl (C=O) groups excluding carboxylic acids is 1. The number of nitrogens with one attached hydrogen (secondary N) is 1. The number of aromatic amines is 1. The van der Waals surface area contributed by atoms with Gasteiger partial charge in [-0.1, -0.05) is 12.1 Å². The van der Waals surface area contributed by atoms with Crippen molar-refractivity contribution in [1.29, 1.82) is 0 Å². The summed E-state index contributed by atoms with van der Waals surface area (Å²) < 4.78 is 10.6. The standard InChI is InChI=1S/C19H14N2O5/c1-2-25-19(24)17-15(18-20-12-5-3-4-6-13(12)21-18)16(23)11-8-7-10(22)9-14(11)26-17/h3-9,22H,2H2,1H3,(H,20,21). The van der Waals surface area contributed by atoms with E-state index in [1.54, 1.807) is 13.0 Å². The van der Waals surface area contributed by atoms with E-state index in [4.69, 9.17) is 9.15 Å². The topological polar surface area (TPSA) is 105 Å². The van der Waals surface area contributed by atoms with Crippen molar-refractivity contribution in [2.45, 2.75) is 6.92 Å². The molecule has 7 heteroatoms. The predicted molar refractivity (Wildman–Crippen MR) is 95.2 cm³/mol. The van der Waals surface area contributed by atoms with Gasteiger partial charge in [-0.25, -0.2) is 9.78 Å². The zero-order valence-electron chi connectivity index (χ0n) is 13.8. The minimum absolute atomic E-state index is 0.00200. The number of hydrogen-bond acceptors (Lipinski definition) is 6. The van der Waals surface area contributed by atoms with Crippen molar-refractivity contribution in [3.63, 3.8) is 0 Å². The van der Waals surface area contributed by atoms with Gasteiger partial charge in [0.1, 0.15) is 22.7 Å². The van der Waals surface area contributed by atoms with Crippen LogP contribution in [-0.4, -0.2) is 27.7 Å². The summed E-state index contributed by atoms with van der Waals surface area (Å²) in [4.78, 5) is 32.8. The van der Waals surface area contributed by atoms with Crippen molar-refractivity contribution in [3.8, 4) is 17.1 Å². The number of imidazole rings is 1. The first-order chi connectivity index (χ1) is 12.6. The van der Waals surface area contributed by atoms with E-state index in [0.29, 0.717) is 5.52 Å². The Labute approximate surface area is 146 Å². The maximum absolute atomic E-state index is 13.0. The molecule has 0 aliphatic heterocycles.